The monoisotopic (exact) mass is 1780 g/mol. The molecule has 0 heterocycles. The molecule has 34 nitrogen and oxygen atoms in total. The third-order valence-corrected chi connectivity index (χ3v) is 22.5. The van der Waals surface area contributed by atoms with Crippen molar-refractivity contribution < 1.29 is 81.5 Å². The molecule has 0 spiro atoms. The lowest BCUT2D eigenvalue weighted by molar-refractivity contribution is -0.138. The van der Waals surface area contributed by atoms with Crippen LogP contribution in [0.5, 0.6) is 0 Å². The predicted molar refractivity (Wildman–Crippen MR) is 488 cm³/mol. The molecule has 0 unspecified atom stereocenters. The number of nitrogens with one attached hydrogen (secondary N) is 1. The zero-order chi connectivity index (χ0) is 95.1. The molecule has 0 radical (unpaired) electrons. The summed E-state index contributed by atoms with van der Waals surface area (Å²) in [6, 6.07) is 0. The van der Waals surface area contributed by atoms with Crippen LogP contribution >= 0.6 is 0 Å². The largest absolute Gasteiger partial charge is 0.354 e. The van der Waals surface area contributed by atoms with Crippen LogP contribution in [0.4, 0.5) is 0 Å². The van der Waals surface area contributed by atoms with Crippen LogP contribution in [0.3, 0.4) is 0 Å². The maximum absolute atomic E-state index is 13.7. The summed E-state index contributed by atoms with van der Waals surface area (Å²) < 4.78 is 0. The summed E-state index contributed by atoms with van der Waals surface area (Å²) in [5, 5.41) is 2.79. The minimum absolute atomic E-state index is 0.0951. The lowest BCUT2D eigenvalue weighted by Gasteiger charge is -2.33. The first-order valence-corrected chi connectivity index (χ1v) is 46.8. The predicted octanol–water partition coefficient (Wildman–Crippen LogP) is 5.53. The molecule has 0 saturated heterocycles. The fourth-order valence-corrected chi connectivity index (χ4v) is 14.2. The van der Waals surface area contributed by atoms with Gasteiger partial charge in [0.25, 0.3) is 0 Å². The number of amides is 17. The Hall–Kier alpha value is -9.89. The molecule has 0 fully saturated rings. The van der Waals surface area contributed by atoms with Gasteiger partial charge < -0.3 is 83.7 Å². The Morgan fingerprint density at radius 1 is 0.190 bits per heavy atom. The van der Waals surface area contributed by atoms with Gasteiger partial charge in [-0.2, -0.15) is 0 Å². The van der Waals surface area contributed by atoms with Crippen LogP contribution in [0.25, 0.3) is 0 Å². The second-order valence-electron chi connectivity index (χ2n) is 31.0. The number of hydrogen-bond donors (Lipinski definition) is 1. The van der Waals surface area contributed by atoms with Gasteiger partial charge >= 0.3 is 0 Å². The molecule has 126 heavy (non-hydrogen) atoms. The first-order valence-electron chi connectivity index (χ1n) is 46.8. The minimum atomic E-state index is -0.212. The van der Waals surface area contributed by atoms with Crippen molar-refractivity contribution in [3.8, 4) is 24.7 Å². The summed E-state index contributed by atoms with van der Waals surface area (Å²) in [4.78, 5) is 254. The van der Waals surface area contributed by atoms with E-state index in [1.165, 1.54) is 0 Å². The van der Waals surface area contributed by atoms with Gasteiger partial charge in [0, 0.05) is 338 Å². The molecule has 0 bridgehead atoms. The molecule has 0 aliphatic heterocycles. The third-order valence-electron chi connectivity index (χ3n) is 22.5. The van der Waals surface area contributed by atoms with Crippen LogP contribution in [-0.2, 0) is 81.5 Å². The third kappa shape index (κ3) is 46.5. The van der Waals surface area contributed by atoms with Crippen molar-refractivity contribution in [2.75, 3.05) is 216 Å². The van der Waals surface area contributed by atoms with E-state index in [0.29, 0.717) is 58.0 Å². The van der Waals surface area contributed by atoms with Crippen molar-refractivity contribution in [2.45, 2.75) is 252 Å². The Morgan fingerprint density at radius 2 is 0.341 bits per heavy atom. The summed E-state index contributed by atoms with van der Waals surface area (Å²) >= 11 is 0. The van der Waals surface area contributed by atoms with Gasteiger partial charge in [-0.1, -0.05) is 104 Å². The van der Waals surface area contributed by atoms with E-state index in [1.807, 2.05) is 0 Å². The maximum Gasteiger partial charge on any atom is 0.222 e. The number of nitrogens with zero attached hydrogens (tertiary/aromatic N) is 16. The molecule has 0 aromatic heterocycles. The van der Waals surface area contributed by atoms with E-state index in [4.69, 9.17) is 12.8 Å². The first kappa shape index (κ1) is 116. The van der Waals surface area contributed by atoms with E-state index in [-0.39, 0.29) is 399 Å². The lowest BCUT2D eigenvalue weighted by Crippen LogP contribution is -2.49. The van der Waals surface area contributed by atoms with Gasteiger partial charge in [-0.25, -0.2) is 0 Å². The number of unbranched alkanes of at least 4 members (excludes halogenated alkanes) is 3. The Morgan fingerprint density at radius 3 is 0.508 bits per heavy atom. The van der Waals surface area contributed by atoms with Crippen molar-refractivity contribution in [2.24, 2.45) is 0 Å². The fourth-order valence-electron chi connectivity index (χ4n) is 14.2. The summed E-state index contributed by atoms with van der Waals surface area (Å²) in [6.07, 6.45) is 16.9. The highest BCUT2D eigenvalue weighted by atomic mass is 16.2. The molecule has 17 amide bonds. The van der Waals surface area contributed by atoms with Gasteiger partial charge in [-0.3, -0.25) is 81.5 Å². The van der Waals surface area contributed by atoms with Crippen molar-refractivity contribution in [3.05, 3.63) is 0 Å². The molecule has 0 atom stereocenters. The topological polar surface area (TPSA) is 354 Å². The highest BCUT2D eigenvalue weighted by Gasteiger charge is 2.29. The molecule has 716 valence electrons. The van der Waals surface area contributed by atoms with E-state index >= 15 is 0 Å². The van der Waals surface area contributed by atoms with Crippen LogP contribution in [0.2, 0.25) is 0 Å². The Bertz CT molecular complexity index is 3440. The summed E-state index contributed by atoms with van der Waals surface area (Å²) in [5.74, 6) is 2.20. The summed E-state index contributed by atoms with van der Waals surface area (Å²) in [7, 11) is 1.67. The second-order valence-corrected chi connectivity index (χ2v) is 31.0. The molecule has 0 saturated carbocycles. The maximum atomic E-state index is 13.7. The first-order chi connectivity index (χ1) is 60.3. The molecule has 0 aromatic rings. The summed E-state index contributed by atoms with van der Waals surface area (Å²) in [5.41, 5.74) is 0. The highest BCUT2D eigenvalue weighted by molar-refractivity contribution is 5.83. The van der Waals surface area contributed by atoms with E-state index < -0.39 is 0 Å². The van der Waals surface area contributed by atoms with E-state index in [9.17, 15) is 81.5 Å². The molecule has 0 aliphatic rings. The second kappa shape index (κ2) is 69.3. The Kier molecular flexibility index (Phi) is 63.8. The Balaban J connectivity index is 6.35. The quantitative estimate of drug-likeness (QED) is 0.0578. The van der Waals surface area contributed by atoms with Crippen LogP contribution in [0.1, 0.15) is 252 Å². The van der Waals surface area contributed by atoms with Gasteiger partial charge in [0.2, 0.25) is 100 Å². The van der Waals surface area contributed by atoms with Crippen LogP contribution in [-0.4, -0.2) is 395 Å². The minimum Gasteiger partial charge on any atom is -0.354 e. The highest BCUT2D eigenvalue weighted by Crippen LogP contribution is 2.14. The average molecular weight is 1780 g/mol. The van der Waals surface area contributed by atoms with Gasteiger partial charge in [-0.15, -0.1) is 24.7 Å². The van der Waals surface area contributed by atoms with Gasteiger partial charge in [0.15, 0.2) is 0 Å². The van der Waals surface area contributed by atoms with E-state index in [0.717, 1.165) is 0 Å². The van der Waals surface area contributed by atoms with Crippen molar-refractivity contribution >= 4 is 100 Å². The van der Waals surface area contributed by atoms with E-state index in [1.54, 1.807) is 189 Å². The normalized spacial score (nSPS) is 10.7. The SMILES string of the molecule is C#CCCCC(=O)N(C)CCN(CCN(CCN(CCN(CCN(CCN(CCCCN(CCN(CCN(CCN(CCN(CCN(CCN(CCN(CCN(CCNC(=O)CC)C(=O)CC)C(=O)CC)C(=O)CC)C(=O)CC)C(=O)CC)C(=O)CC)C(=O)CC)C(=O)CC)C(=O)CC)C(=O)CC)C(=O)CC)C(=O)CC)C(=O)CC)C(=O)CC)C(=O)CCCC#C. The van der Waals surface area contributed by atoms with Crippen LogP contribution in [0, 0.1) is 24.7 Å². The number of carbonyl (C=O) groups excluding carboxylic acids is 17. The average Bonchev–Trinajstić information content (AvgIpc) is 0.890. The number of terminal acetylenes is 2. The van der Waals surface area contributed by atoms with Crippen molar-refractivity contribution in [1.82, 2.24) is 83.7 Å². The molecule has 34 heteroatoms. The fraction of sp³-hybridized carbons (Fsp3) is 0.772. The lowest BCUT2D eigenvalue weighted by atomic mass is 10.2. The molecular weight excluding hydrogens is 1620 g/mol. The van der Waals surface area contributed by atoms with Crippen molar-refractivity contribution in [3.63, 3.8) is 0 Å². The van der Waals surface area contributed by atoms with Crippen LogP contribution < -0.4 is 5.32 Å². The molecule has 1 N–H and O–H groups in total. The number of hydrogen-bond acceptors (Lipinski definition) is 17. The molecule has 0 rings (SSSR count). The van der Waals surface area contributed by atoms with E-state index in [2.05, 4.69) is 17.2 Å². The summed E-state index contributed by atoms with van der Waals surface area (Å²) in [6.45, 7) is 31.7. The molecule has 0 aromatic carbocycles. The standard InChI is InChI=1S/C92H161N17O17/c1-19-36-38-42-91(125)94(18)48-49-109(92(126)43-39-37-20-2)75-74-108(90(124)35-17)73-72-107(89(123)34-16)71-63-102(84(118)29-11)60-57-99(81(115)26-8)54-51-96(78(112)23-5)46-41-40-45-95(77(111)22-4)50-53-98(80(114)25-7)56-59-101(83(117)28-10)62-65-104(86(120)31-13)67-69-106(88(122)33-15)70-68-105(87(121)32-14)66-64-103(85(119)30-12)61-58-100(82(116)27-9)55-52-97(79(113)24-6)47-44-93-76(110)21-3/h1-2H,21-75H2,3-18H3,(H,93,110). The zero-order valence-electron chi connectivity index (χ0n) is 80.1. The van der Waals surface area contributed by atoms with Gasteiger partial charge in [0.1, 0.15) is 0 Å². The van der Waals surface area contributed by atoms with Gasteiger partial charge in [-0.05, 0) is 25.7 Å². The van der Waals surface area contributed by atoms with Crippen LogP contribution in [0.15, 0.2) is 0 Å². The van der Waals surface area contributed by atoms with Crippen molar-refractivity contribution in [1.29, 1.82) is 0 Å². The number of rotatable bonds is 71. The zero-order valence-corrected chi connectivity index (χ0v) is 80.1. The number of likely N-dealkylation sites (N-methyl/N-ethyl adjacent to an activating group) is 1. The van der Waals surface area contributed by atoms with Gasteiger partial charge in [0.05, 0.1) is 0 Å². The molecular formula is C92H161N17O17. The number of carbonyl (C=O) groups is 17. The smallest absolute Gasteiger partial charge is 0.222 e. The Labute approximate surface area is 754 Å². The molecule has 0 aliphatic carbocycles.